The van der Waals surface area contributed by atoms with Crippen molar-refractivity contribution in [1.29, 1.82) is 0 Å². The van der Waals surface area contributed by atoms with E-state index in [0.717, 1.165) is 18.4 Å². The van der Waals surface area contributed by atoms with Gasteiger partial charge >= 0.3 is 0 Å². The van der Waals surface area contributed by atoms with Gasteiger partial charge in [0.15, 0.2) is 0 Å². The summed E-state index contributed by atoms with van der Waals surface area (Å²) < 4.78 is 0. The molecule has 0 aliphatic heterocycles. The van der Waals surface area contributed by atoms with Gasteiger partial charge in [-0.3, -0.25) is 4.79 Å². The summed E-state index contributed by atoms with van der Waals surface area (Å²) >= 11 is 12.1. The summed E-state index contributed by atoms with van der Waals surface area (Å²) in [6.45, 7) is 0. The lowest BCUT2D eigenvalue weighted by Gasteiger charge is -2.41. The lowest BCUT2D eigenvalue weighted by molar-refractivity contribution is -0.133. The molecule has 3 nitrogen and oxygen atoms in total. The maximum atomic E-state index is 12.6. The lowest BCUT2D eigenvalue weighted by Crippen LogP contribution is -2.52. The van der Waals surface area contributed by atoms with Crippen molar-refractivity contribution in [3.05, 3.63) is 33.8 Å². The molecule has 2 atom stereocenters. The van der Waals surface area contributed by atoms with Crippen LogP contribution < -0.4 is 0 Å². The molecule has 1 aliphatic rings. The summed E-state index contributed by atoms with van der Waals surface area (Å²) in [5.74, 6) is 0.114. The molecule has 0 N–H and O–H groups in total. The highest BCUT2D eigenvalue weighted by molar-refractivity contribution is 6.35. The monoisotopic (exact) mass is 342 g/mol. The summed E-state index contributed by atoms with van der Waals surface area (Å²) in [6.07, 6.45) is 4.97. The molecule has 1 fully saturated rings. The second-order valence-electron chi connectivity index (χ2n) is 6.30. The standard InChI is InChI=1S/C17H24Cl2N2O/c1-20(2)15-6-4-5-7-16(15)21(3)17(22)10-12-8-9-13(18)11-14(12)19/h8-9,11,15-16H,4-7,10H2,1-3H3/t15-,16-/m0/s1. The number of carbonyl (C=O) groups is 1. The van der Waals surface area contributed by atoms with Crippen molar-refractivity contribution in [2.45, 2.75) is 44.2 Å². The van der Waals surface area contributed by atoms with Crippen LogP contribution in [-0.2, 0) is 11.2 Å². The Morgan fingerprint density at radius 3 is 2.36 bits per heavy atom. The van der Waals surface area contributed by atoms with Gasteiger partial charge in [0.1, 0.15) is 0 Å². The van der Waals surface area contributed by atoms with E-state index in [-0.39, 0.29) is 11.9 Å². The van der Waals surface area contributed by atoms with Crippen molar-refractivity contribution in [2.24, 2.45) is 0 Å². The minimum Gasteiger partial charge on any atom is -0.341 e. The van der Waals surface area contributed by atoms with Crippen LogP contribution in [0, 0.1) is 0 Å². The van der Waals surface area contributed by atoms with Gasteiger partial charge in [-0.15, -0.1) is 0 Å². The summed E-state index contributed by atoms with van der Waals surface area (Å²) in [7, 11) is 6.10. The zero-order chi connectivity index (χ0) is 16.3. The molecule has 0 radical (unpaired) electrons. The third-order valence-corrected chi connectivity index (χ3v) is 5.19. The number of halogens is 2. The smallest absolute Gasteiger partial charge is 0.227 e. The van der Waals surface area contributed by atoms with Crippen molar-refractivity contribution < 1.29 is 4.79 Å². The lowest BCUT2D eigenvalue weighted by atomic mass is 9.88. The molecule has 0 spiro atoms. The first kappa shape index (κ1) is 17.6. The van der Waals surface area contributed by atoms with E-state index in [2.05, 4.69) is 19.0 Å². The highest BCUT2D eigenvalue weighted by atomic mass is 35.5. The average Bonchev–Trinajstić information content (AvgIpc) is 2.49. The molecule has 1 aliphatic carbocycles. The van der Waals surface area contributed by atoms with Crippen LogP contribution in [-0.4, -0.2) is 48.9 Å². The highest BCUT2D eigenvalue weighted by Gasteiger charge is 2.32. The first-order valence-electron chi connectivity index (χ1n) is 7.76. The molecule has 0 aromatic heterocycles. The molecule has 0 heterocycles. The minimum absolute atomic E-state index is 0.114. The number of amides is 1. The van der Waals surface area contributed by atoms with Crippen LogP contribution in [0.5, 0.6) is 0 Å². The fraction of sp³-hybridized carbons (Fsp3) is 0.588. The van der Waals surface area contributed by atoms with Gasteiger partial charge in [0, 0.05) is 29.2 Å². The molecule has 2 rings (SSSR count). The minimum atomic E-state index is 0.114. The molecule has 0 unspecified atom stereocenters. The second kappa shape index (κ2) is 7.67. The van der Waals surface area contributed by atoms with Gasteiger partial charge in [0.25, 0.3) is 0 Å². The van der Waals surface area contributed by atoms with Gasteiger partial charge in [-0.05, 0) is 44.6 Å². The molecule has 22 heavy (non-hydrogen) atoms. The summed E-state index contributed by atoms with van der Waals surface area (Å²) in [5.41, 5.74) is 0.833. The Morgan fingerprint density at radius 1 is 1.14 bits per heavy atom. The van der Waals surface area contributed by atoms with Gasteiger partial charge in [0.05, 0.1) is 6.42 Å². The predicted molar refractivity (Wildman–Crippen MR) is 92.7 cm³/mol. The molecular formula is C17H24Cl2N2O. The zero-order valence-electron chi connectivity index (χ0n) is 13.5. The van der Waals surface area contributed by atoms with Crippen LogP contribution >= 0.6 is 23.2 Å². The van der Waals surface area contributed by atoms with Gasteiger partial charge < -0.3 is 9.80 Å². The first-order valence-corrected chi connectivity index (χ1v) is 8.51. The molecule has 5 heteroatoms. The average molecular weight is 343 g/mol. The Morgan fingerprint density at radius 2 is 1.77 bits per heavy atom. The number of nitrogens with zero attached hydrogens (tertiary/aromatic N) is 2. The van der Waals surface area contributed by atoms with E-state index in [1.54, 1.807) is 12.1 Å². The van der Waals surface area contributed by atoms with E-state index in [1.807, 2.05) is 18.0 Å². The van der Waals surface area contributed by atoms with Crippen LogP contribution in [0.3, 0.4) is 0 Å². The normalized spacial score (nSPS) is 21.9. The first-order chi connectivity index (χ1) is 10.4. The van der Waals surface area contributed by atoms with E-state index in [4.69, 9.17) is 23.2 Å². The predicted octanol–water partition coefficient (Wildman–Crippen LogP) is 3.87. The van der Waals surface area contributed by atoms with Crippen LogP contribution in [0.4, 0.5) is 0 Å². The number of hydrogen-bond donors (Lipinski definition) is 0. The van der Waals surface area contributed by atoms with Crippen molar-refractivity contribution in [3.63, 3.8) is 0 Å². The Hall–Kier alpha value is -0.770. The number of hydrogen-bond acceptors (Lipinski definition) is 2. The molecule has 1 saturated carbocycles. The molecule has 1 aromatic carbocycles. The Kier molecular flexibility index (Phi) is 6.13. The molecule has 1 aromatic rings. The maximum absolute atomic E-state index is 12.6. The zero-order valence-corrected chi connectivity index (χ0v) is 15.0. The third-order valence-electron chi connectivity index (χ3n) is 4.60. The van der Waals surface area contributed by atoms with E-state index in [9.17, 15) is 4.79 Å². The molecular weight excluding hydrogens is 319 g/mol. The second-order valence-corrected chi connectivity index (χ2v) is 7.14. The van der Waals surface area contributed by atoms with Crippen LogP contribution in [0.1, 0.15) is 31.2 Å². The molecule has 0 saturated heterocycles. The Labute approximate surface area is 143 Å². The van der Waals surface area contributed by atoms with E-state index < -0.39 is 0 Å². The number of carbonyl (C=O) groups excluding carboxylic acids is 1. The quantitative estimate of drug-likeness (QED) is 0.829. The molecule has 122 valence electrons. The number of likely N-dealkylation sites (N-methyl/N-ethyl adjacent to an activating group) is 2. The van der Waals surface area contributed by atoms with E-state index in [0.29, 0.717) is 22.5 Å². The Balaban J connectivity index is 2.07. The summed E-state index contributed by atoms with van der Waals surface area (Å²) in [6, 6.07) is 6.01. The highest BCUT2D eigenvalue weighted by Crippen LogP contribution is 2.27. The molecule has 1 amide bonds. The maximum Gasteiger partial charge on any atom is 0.227 e. The Bertz CT molecular complexity index is 533. The number of benzene rings is 1. The van der Waals surface area contributed by atoms with Gasteiger partial charge in [0.2, 0.25) is 5.91 Å². The largest absolute Gasteiger partial charge is 0.341 e. The van der Waals surface area contributed by atoms with Crippen molar-refractivity contribution in [2.75, 3.05) is 21.1 Å². The summed E-state index contributed by atoms with van der Waals surface area (Å²) in [4.78, 5) is 16.8. The van der Waals surface area contributed by atoms with Crippen molar-refractivity contribution in [1.82, 2.24) is 9.80 Å². The van der Waals surface area contributed by atoms with Gasteiger partial charge in [-0.2, -0.15) is 0 Å². The topological polar surface area (TPSA) is 23.6 Å². The van der Waals surface area contributed by atoms with Crippen LogP contribution in [0.2, 0.25) is 10.0 Å². The van der Waals surface area contributed by atoms with Crippen molar-refractivity contribution in [3.8, 4) is 0 Å². The number of rotatable bonds is 4. The van der Waals surface area contributed by atoms with Crippen LogP contribution in [0.25, 0.3) is 0 Å². The van der Waals surface area contributed by atoms with E-state index in [1.165, 1.54) is 12.8 Å². The van der Waals surface area contributed by atoms with Crippen LogP contribution in [0.15, 0.2) is 18.2 Å². The molecule has 0 bridgehead atoms. The van der Waals surface area contributed by atoms with Gasteiger partial charge in [-0.25, -0.2) is 0 Å². The summed E-state index contributed by atoms with van der Waals surface area (Å²) in [5, 5.41) is 1.15. The van der Waals surface area contributed by atoms with Crippen molar-refractivity contribution >= 4 is 29.1 Å². The SMILES string of the molecule is CN(C)[C@H]1CCCC[C@@H]1N(C)C(=O)Cc1ccc(Cl)cc1Cl. The fourth-order valence-electron chi connectivity index (χ4n) is 3.28. The van der Waals surface area contributed by atoms with Gasteiger partial charge in [-0.1, -0.05) is 42.1 Å². The fourth-order valence-corrected chi connectivity index (χ4v) is 3.76. The third kappa shape index (κ3) is 4.15. The van der Waals surface area contributed by atoms with E-state index >= 15 is 0 Å².